The lowest BCUT2D eigenvalue weighted by Crippen LogP contribution is -2.43. The predicted molar refractivity (Wildman–Crippen MR) is 135 cm³/mol. The molecule has 186 valence electrons. The number of aromatic nitrogens is 3. The van der Waals surface area contributed by atoms with Gasteiger partial charge in [0.05, 0.1) is 37.0 Å². The third-order valence-corrected chi connectivity index (χ3v) is 6.11. The Morgan fingerprint density at radius 1 is 1.25 bits per heavy atom. The molecular formula is C25H27FN7O3+. The van der Waals surface area contributed by atoms with Crippen LogP contribution in [-0.4, -0.2) is 48.8 Å². The van der Waals surface area contributed by atoms with Crippen molar-refractivity contribution in [2.45, 2.75) is 13.0 Å². The summed E-state index contributed by atoms with van der Waals surface area (Å²) in [4.78, 5) is 25.1. The van der Waals surface area contributed by atoms with Crippen LogP contribution in [-0.2, 0) is 4.74 Å². The maximum absolute atomic E-state index is 13.9. The van der Waals surface area contributed by atoms with Crippen LogP contribution >= 0.6 is 0 Å². The molecule has 0 saturated carbocycles. The number of ether oxygens (including phenoxy) is 2. The fourth-order valence-corrected chi connectivity index (χ4v) is 4.31. The van der Waals surface area contributed by atoms with Crippen LogP contribution in [0.1, 0.15) is 17.3 Å². The summed E-state index contributed by atoms with van der Waals surface area (Å²) in [5.74, 6) is 0.258. The number of rotatable bonds is 7. The third kappa shape index (κ3) is 4.60. The van der Waals surface area contributed by atoms with Gasteiger partial charge in [0.2, 0.25) is 11.5 Å². The van der Waals surface area contributed by atoms with Crippen LogP contribution in [0.3, 0.4) is 0 Å². The average Bonchev–Trinajstić information content (AvgIpc) is 3.34. The number of H-pyrrole nitrogens is 2. The van der Waals surface area contributed by atoms with E-state index in [1.807, 2.05) is 24.3 Å². The molecule has 1 atom stereocenters. The van der Waals surface area contributed by atoms with Crippen LogP contribution < -0.4 is 31.0 Å². The Morgan fingerprint density at radius 3 is 2.89 bits per heavy atom. The molecule has 1 aliphatic rings. The molecule has 36 heavy (non-hydrogen) atoms. The molecule has 2 aromatic heterocycles. The molecular weight excluding hydrogens is 465 g/mol. The highest BCUT2D eigenvalue weighted by atomic mass is 19.1. The molecule has 0 spiro atoms. The molecule has 0 radical (unpaired) electrons. The first kappa shape index (κ1) is 23.4. The average molecular weight is 493 g/mol. The summed E-state index contributed by atoms with van der Waals surface area (Å²) >= 11 is 0. The summed E-state index contributed by atoms with van der Waals surface area (Å²) in [6, 6.07) is 11.7. The van der Waals surface area contributed by atoms with Gasteiger partial charge in [0.25, 0.3) is 5.91 Å². The monoisotopic (exact) mass is 492 g/mol. The third-order valence-electron chi connectivity index (χ3n) is 6.11. The van der Waals surface area contributed by atoms with Gasteiger partial charge in [-0.05, 0) is 43.3 Å². The lowest BCUT2D eigenvalue weighted by molar-refractivity contribution is -0.333. The van der Waals surface area contributed by atoms with E-state index in [0.29, 0.717) is 47.5 Å². The number of morpholine rings is 1. The van der Waals surface area contributed by atoms with E-state index >= 15 is 0 Å². The van der Waals surface area contributed by atoms with Crippen molar-refractivity contribution in [3.8, 4) is 5.75 Å². The van der Waals surface area contributed by atoms with Gasteiger partial charge in [-0.1, -0.05) is 4.98 Å². The Kier molecular flexibility index (Phi) is 6.30. The van der Waals surface area contributed by atoms with Crippen LogP contribution in [0.4, 0.5) is 33.2 Å². The van der Waals surface area contributed by atoms with Gasteiger partial charge in [-0.25, -0.2) is 9.37 Å². The van der Waals surface area contributed by atoms with E-state index in [2.05, 4.69) is 37.4 Å². The van der Waals surface area contributed by atoms with Gasteiger partial charge < -0.3 is 25.4 Å². The largest absolute Gasteiger partial charge is 0.493 e. The van der Waals surface area contributed by atoms with Gasteiger partial charge >= 0.3 is 5.95 Å². The maximum Gasteiger partial charge on any atom is 0.351 e. The van der Waals surface area contributed by atoms with Gasteiger partial charge in [-0.3, -0.25) is 15.1 Å². The molecule has 2 aromatic carbocycles. The molecule has 5 rings (SSSR count). The van der Waals surface area contributed by atoms with Gasteiger partial charge in [0, 0.05) is 30.5 Å². The Balaban J connectivity index is 1.48. The zero-order valence-corrected chi connectivity index (χ0v) is 19.9. The molecule has 0 bridgehead atoms. The fourth-order valence-electron chi connectivity index (χ4n) is 4.31. The summed E-state index contributed by atoms with van der Waals surface area (Å²) < 4.78 is 25.2. The van der Waals surface area contributed by atoms with E-state index < -0.39 is 11.7 Å². The lowest BCUT2D eigenvalue weighted by Gasteiger charge is -2.35. The fraction of sp³-hybridized carbons (Fsp3) is 0.240. The van der Waals surface area contributed by atoms with Crippen molar-refractivity contribution in [3.05, 3.63) is 60.0 Å². The maximum atomic E-state index is 13.9. The standard InChI is InChI=1S/C25H26FN7O3/c1-14-13-36-10-9-33(14)16-4-6-19(21(12-16)35-2)30-25-31-23-18(7-8-28-23)24(32-25)29-20-11-15(26)3-5-17(20)22(27)34/h3-8,11-12,14H,9-10,13H2,1-2H3,(H2,27,34)(H3,28,29,30,31,32)/p+1/t14-/m0/s1. The van der Waals surface area contributed by atoms with Crippen LogP contribution in [0.5, 0.6) is 5.75 Å². The van der Waals surface area contributed by atoms with Crippen molar-refractivity contribution in [2.24, 2.45) is 5.73 Å². The highest BCUT2D eigenvalue weighted by Gasteiger charge is 2.22. The molecule has 1 saturated heterocycles. The van der Waals surface area contributed by atoms with Crippen molar-refractivity contribution in [1.82, 2.24) is 9.97 Å². The summed E-state index contributed by atoms with van der Waals surface area (Å²) in [6.45, 7) is 4.29. The van der Waals surface area contributed by atoms with Crippen LogP contribution in [0.25, 0.3) is 11.0 Å². The second-order valence-corrected chi connectivity index (χ2v) is 8.51. The van der Waals surface area contributed by atoms with Crippen molar-refractivity contribution in [1.29, 1.82) is 0 Å². The van der Waals surface area contributed by atoms with E-state index in [1.54, 1.807) is 13.3 Å². The van der Waals surface area contributed by atoms with Crippen LogP contribution in [0, 0.1) is 5.82 Å². The number of fused-ring (bicyclic) bond motifs is 1. The zero-order chi connectivity index (χ0) is 25.2. The summed E-state index contributed by atoms with van der Waals surface area (Å²) in [6.07, 6.45) is 1.75. The van der Waals surface area contributed by atoms with Crippen molar-refractivity contribution >= 4 is 45.8 Å². The molecule has 10 nitrogen and oxygen atoms in total. The molecule has 0 unspecified atom stereocenters. The second-order valence-electron chi connectivity index (χ2n) is 8.51. The number of nitrogens with two attached hydrogens (primary N) is 1. The normalized spacial score (nSPS) is 15.6. The minimum Gasteiger partial charge on any atom is -0.493 e. The van der Waals surface area contributed by atoms with Gasteiger partial charge in [0.1, 0.15) is 11.5 Å². The minimum atomic E-state index is -0.678. The number of nitrogens with one attached hydrogen (secondary N) is 4. The van der Waals surface area contributed by atoms with E-state index in [4.69, 9.17) is 15.2 Å². The smallest absolute Gasteiger partial charge is 0.351 e. The number of halogens is 1. The second kappa shape index (κ2) is 9.70. The van der Waals surface area contributed by atoms with Crippen LogP contribution in [0.15, 0.2) is 48.7 Å². The minimum absolute atomic E-state index is 0.152. The quantitative estimate of drug-likeness (QED) is 0.311. The number of aromatic amines is 2. The number of amides is 1. The number of anilines is 5. The van der Waals surface area contributed by atoms with Gasteiger partial charge in [0.15, 0.2) is 5.75 Å². The van der Waals surface area contributed by atoms with E-state index in [0.717, 1.165) is 12.2 Å². The van der Waals surface area contributed by atoms with Crippen molar-refractivity contribution in [2.75, 3.05) is 42.4 Å². The van der Waals surface area contributed by atoms with E-state index in [-0.39, 0.29) is 17.3 Å². The Labute approximate surface area is 206 Å². The molecule has 11 heteroatoms. The topological polar surface area (TPSA) is 132 Å². The Morgan fingerprint density at radius 2 is 2.11 bits per heavy atom. The first-order chi connectivity index (χ1) is 17.4. The number of hydrogen-bond acceptors (Lipinski definition) is 7. The highest BCUT2D eigenvalue weighted by Crippen LogP contribution is 2.33. The van der Waals surface area contributed by atoms with Gasteiger partial charge in [-0.2, -0.15) is 0 Å². The number of benzene rings is 2. The SMILES string of the molecule is COc1cc(N2CCOC[C@@H]2C)ccc1Nc1nc(Nc2cc(F)ccc2C(N)=O)c2cc[nH]c2[nH+]1. The number of nitrogens with zero attached hydrogens (tertiary/aromatic N) is 2. The van der Waals surface area contributed by atoms with Crippen molar-refractivity contribution < 1.29 is 23.6 Å². The van der Waals surface area contributed by atoms with Crippen LogP contribution in [0.2, 0.25) is 0 Å². The number of primary amides is 1. The first-order valence-corrected chi connectivity index (χ1v) is 11.5. The lowest BCUT2D eigenvalue weighted by atomic mass is 10.1. The molecule has 1 amide bonds. The Hall–Kier alpha value is -4.38. The Bertz CT molecular complexity index is 1420. The number of carbonyl (C=O) groups is 1. The molecule has 4 aromatic rings. The zero-order valence-electron chi connectivity index (χ0n) is 19.9. The highest BCUT2D eigenvalue weighted by molar-refractivity contribution is 6.00. The first-order valence-electron chi connectivity index (χ1n) is 11.5. The molecule has 1 fully saturated rings. The van der Waals surface area contributed by atoms with E-state index in [9.17, 15) is 9.18 Å². The number of hydrogen-bond donors (Lipinski definition) is 4. The van der Waals surface area contributed by atoms with Gasteiger partial charge in [-0.15, -0.1) is 0 Å². The molecule has 0 aliphatic carbocycles. The van der Waals surface area contributed by atoms with Crippen molar-refractivity contribution in [3.63, 3.8) is 0 Å². The summed E-state index contributed by atoms with van der Waals surface area (Å²) in [7, 11) is 1.61. The summed E-state index contributed by atoms with van der Waals surface area (Å²) in [5.41, 5.74) is 8.26. The summed E-state index contributed by atoms with van der Waals surface area (Å²) in [5, 5.41) is 7.03. The van der Waals surface area contributed by atoms with E-state index in [1.165, 1.54) is 18.2 Å². The molecule has 1 aliphatic heterocycles. The predicted octanol–water partition coefficient (Wildman–Crippen LogP) is 3.34. The molecule has 6 N–H and O–H groups in total. The number of carbonyl (C=O) groups excluding carboxylic acids is 1. The number of methoxy groups -OCH3 is 1. The molecule has 3 heterocycles.